The van der Waals surface area contributed by atoms with Crippen LogP contribution in [0.1, 0.15) is 31.4 Å². The lowest BCUT2D eigenvalue weighted by molar-refractivity contribution is 0.839. The Hall–Kier alpha value is -0.960. The number of aliphatic imine (C=N–C) groups is 1. The van der Waals surface area contributed by atoms with Crippen LogP contribution in [0.2, 0.25) is 0 Å². The molecule has 0 spiro atoms. The van der Waals surface area contributed by atoms with Gasteiger partial charge < -0.3 is 5.32 Å². The van der Waals surface area contributed by atoms with Crippen LogP contribution in [0.15, 0.2) is 29.3 Å². The number of nitrogens with one attached hydrogen (secondary N) is 1. The van der Waals surface area contributed by atoms with Crippen LogP contribution >= 0.6 is 11.8 Å². The van der Waals surface area contributed by atoms with Crippen LogP contribution < -0.4 is 5.32 Å². The van der Waals surface area contributed by atoms with Crippen LogP contribution in [-0.4, -0.2) is 17.0 Å². The fraction of sp³-hybridized carbons (Fsp3) is 0.500. The lowest BCUT2D eigenvalue weighted by Gasteiger charge is -2.07. The zero-order valence-electron chi connectivity index (χ0n) is 10.6. The second kappa shape index (κ2) is 6.10. The molecule has 0 fully saturated rings. The molecule has 0 saturated heterocycles. The molecule has 1 heterocycles. The second-order valence-electron chi connectivity index (χ2n) is 4.32. The maximum absolute atomic E-state index is 4.51. The number of aryl methyl sites for hydroxylation is 1. The standard InChI is InChI=1S/C14H20N2S/c1-3-11-5-7-12(8-6-11)9-15-14-16-10-13(4-2)17-14/h5-8,13H,3-4,9-10H2,1-2H3,(H,15,16). The van der Waals surface area contributed by atoms with E-state index in [0.29, 0.717) is 5.25 Å². The van der Waals surface area contributed by atoms with Crippen molar-refractivity contribution in [3.63, 3.8) is 0 Å². The van der Waals surface area contributed by atoms with Gasteiger partial charge in [-0.05, 0) is 24.0 Å². The van der Waals surface area contributed by atoms with E-state index in [4.69, 9.17) is 0 Å². The highest BCUT2D eigenvalue weighted by atomic mass is 32.2. The average Bonchev–Trinajstić information content (AvgIpc) is 2.85. The summed E-state index contributed by atoms with van der Waals surface area (Å²) < 4.78 is 0. The smallest absolute Gasteiger partial charge is 0.157 e. The molecule has 3 heteroatoms. The first-order chi connectivity index (χ1) is 8.31. The highest BCUT2D eigenvalue weighted by Crippen LogP contribution is 2.22. The molecule has 1 N–H and O–H groups in total. The number of hydrogen-bond acceptors (Lipinski definition) is 3. The van der Waals surface area contributed by atoms with Gasteiger partial charge in [0.2, 0.25) is 0 Å². The normalized spacial score (nSPS) is 19.2. The van der Waals surface area contributed by atoms with Crippen molar-refractivity contribution >= 4 is 16.9 Å². The van der Waals surface area contributed by atoms with Gasteiger partial charge in [0.15, 0.2) is 5.17 Å². The van der Waals surface area contributed by atoms with Gasteiger partial charge >= 0.3 is 0 Å². The van der Waals surface area contributed by atoms with E-state index in [-0.39, 0.29) is 0 Å². The fourth-order valence-electron chi connectivity index (χ4n) is 1.80. The number of hydrogen-bond donors (Lipinski definition) is 1. The van der Waals surface area contributed by atoms with Crippen molar-refractivity contribution in [2.24, 2.45) is 4.99 Å². The molecule has 0 aromatic heterocycles. The van der Waals surface area contributed by atoms with E-state index in [1.807, 2.05) is 11.8 Å². The van der Waals surface area contributed by atoms with E-state index < -0.39 is 0 Å². The number of thioether (sulfide) groups is 1. The highest BCUT2D eigenvalue weighted by Gasteiger charge is 2.16. The third-order valence-electron chi connectivity index (χ3n) is 3.05. The van der Waals surface area contributed by atoms with Crippen LogP contribution in [-0.2, 0) is 13.0 Å². The van der Waals surface area contributed by atoms with Gasteiger partial charge in [-0.2, -0.15) is 0 Å². The Morgan fingerprint density at radius 2 is 1.94 bits per heavy atom. The summed E-state index contributed by atoms with van der Waals surface area (Å²) in [5.41, 5.74) is 2.72. The van der Waals surface area contributed by atoms with Crippen LogP contribution in [0.25, 0.3) is 0 Å². The molecule has 0 bridgehead atoms. The summed E-state index contributed by atoms with van der Waals surface area (Å²) in [5, 5.41) is 5.20. The van der Waals surface area contributed by atoms with Crippen LogP contribution in [0.4, 0.5) is 0 Å². The average molecular weight is 248 g/mol. The molecule has 1 aliphatic heterocycles. The van der Waals surface area contributed by atoms with Crippen molar-refractivity contribution in [2.45, 2.75) is 38.5 Å². The summed E-state index contributed by atoms with van der Waals surface area (Å²) in [4.78, 5) is 4.51. The SMILES string of the molecule is CCc1ccc(CNC2=NCC(CC)S2)cc1. The zero-order valence-corrected chi connectivity index (χ0v) is 11.4. The molecule has 1 unspecified atom stereocenters. The third-order valence-corrected chi connectivity index (χ3v) is 4.36. The first-order valence-electron chi connectivity index (χ1n) is 6.34. The molecule has 2 rings (SSSR count). The minimum atomic E-state index is 0.681. The molecule has 1 aromatic rings. The minimum absolute atomic E-state index is 0.681. The van der Waals surface area contributed by atoms with E-state index in [0.717, 1.165) is 24.7 Å². The summed E-state index contributed by atoms with van der Waals surface area (Å²) in [6.07, 6.45) is 2.30. The third kappa shape index (κ3) is 3.50. The predicted molar refractivity (Wildman–Crippen MR) is 76.6 cm³/mol. The molecular formula is C14H20N2S. The molecule has 0 aliphatic carbocycles. The molecule has 0 saturated carbocycles. The topological polar surface area (TPSA) is 24.4 Å². The second-order valence-corrected chi connectivity index (χ2v) is 5.61. The molecule has 2 nitrogen and oxygen atoms in total. The summed E-state index contributed by atoms with van der Waals surface area (Å²) >= 11 is 1.88. The van der Waals surface area contributed by atoms with E-state index in [2.05, 4.69) is 48.4 Å². The number of benzene rings is 1. The van der Waals surface area contributed by atoms with Crippen LogP contribution in [0, 0.1) is 0 Å². The Balaban J connectivity index is 1.82. The summed E-state index contributed by atoms with van der Waals surface area (Å²) in [7, 11) is 0. The van der Waals surface area contributed by atoms with Gasteiger partial charge in [0.1, 0.15) is 0 Å². The monoisotopic (exact) mass is 248 g/mol. The molecule has 0 radical (unpaired) electrons. The zero-order chi connectivity index (χ0) is 12.1. The summed E-state index contributed by atoms with van der Waals surface area (Å²) in [6.45, 7) is 6.26. The molecule has 0 amide bonds. The maximum Gasteiger partial charge on any atom is 0.157 e. The molecular weight excluding hydrogens is 228 g/mol. The molecule has 1 aliphatic rings. The Morgan fingerprint density at radius 1 is 1.24 bits per heavy atom. The van der Waals surface area contributed by atoms with Crippen molar-refractivity contribution in [3.05, 3.63) is 35.4 Å². The quantitative estimate of drug-likeness (QED) is 0.884. The number of rotatable bonds is 4. The fourth-order valence-corrected chi connectivity index (χ4v) is 2.73. The van der Waals surface area contributed by atoms with Crippen molar-refractivity contribution in [1.29, 1.82) is 0 Å². The van der Waals surface area contributed by atoms with E-state index >= 15 is 0 Å². The van der Waals surface area contributed by atoms with Gasteiger partial charge in [0.25, 0.3) is 0 Å². The first kappa shape index (κ1) is 12.5. The van der Waals surface area contributed by atoms with Crippen molar-refractivity contribution < 1.29 is 0 Å². The Kier molecular flexibility index (Phi) is 4.49. The minimum Gasteiger partial charge on any atom is -0.361 e. The Bertz CT molecular complexity index is 384. The van der Waals surface area contributed by atoms with Gasteiger partial charge in [-0.15, -0.1) is 0 Å². The lowest BCUT2D eigenvalue weighted by atomic mass is 10.1. The lowest BCUT2D eigenvalue weighted by Crippen LogP contribution is -2.18. The number of amidine groups is 1. The first-order valence-corrected chi connectivity index (χ1v) is 7.22. The Labute approximate surface area is 108 Å². The number of nitrogens with zero attached hydrogens (tertiary/aromatic N) is 1. The van der Waals surface area contributed by atoms with Gasteiger partial charge in [0.05, 0.1) is 6.54 Å². The van der Waals surface area contributed by atoms with Gasteiger partial charge in [-0.1, -0.05) is 49.9 Å². The summed E-state index contributed by atoms with van der Waals surface area (Å²) in [5.74, 6) is 0. The van der Waals surface area contributed by atoms with Gasteiger partial charge in [-0.25, -0.2) is 0 Å². The maximum atomic E-state index is 4.51. The summed E-state index contributed by atoms with van der Waals surface area (Å²) in [6, 6.07) is 8.80. The highest BCUT2D eigenvalue weighted by molar-refractivity contribution is 8.14. The van der Waals surface area contributed by atoms with Crippen LogP contribution in [0.5, 0.6) is 0 Å². The largest absolute Gasteiger partial charge is 0.361 e. The van der Waals surface area contributed by atoms with Crippen molar-refractivity contribution in [1.82, 2.24) is 5.32 Å². The molecule has 17 heavy (non-hydrogen) atoms. The molecule has 1 atom stereocenters. The van der Waals surface area contributed by atoms with E-state index in [1.54, 1.807) is 0 Å². The van der Waals surface area contributed by atoms with E-state index in [1.165, 1.54) is 17.5 Å². The predicted octanol–water partition coefficient (Wildman–Crippen LogP) is 3.22. The molecule has 1 aromatic carbocycles. The van der Waals surface area contributed by atoms with Gasteiger partial charge in [-0.3, -0.25) is 4.99 Å². The molecule has 92 valence electrons. The van der Waals surface area contributed by atoms with Gasteiger partial charge in [0, 0.05) is 11.8 Å². The van der Waals surface area contributed by atoms with Crippen molar-refractivity contribution in [3.8, 4) is 0 Å². The van der Waals surface area contributed by atoms with Crippen molar-refractivity contribution in [2.75, 3.05) is 6.54 Å². The van der Waals surface area contributed by atoms with Crippen LogP contribution in [0.3, 0.4) is 0 Å². The Morgan fingerprint density at radius 3 is 2.53 bits per heavy atom. The van der Waals surface area contributed by atoms with E-state index in [9.17, 15) is 0 Å².